The molecule has 2 rings (SSSR count). The maximum atomic E-state index is 12.8. The fourth-order valence-electron chi connectivity index (χ4n) is 2.24. The first kappa shape index (κ1) is 9.23. The van der Waals surface area contributed by atoms with E-state index in [1.807, 2.05) is 0 Å². The zero-order valence-corrected chi connectivity index (χ0v) is 10.1. The van der Waals surface area contributed by atoms with Crippen molar-refractivity contribution >= 4 is 11.8 Å². The van der Waals surface area contributed by atoms with Gasteiger partial charge in [-0.3, -0.25) is 0 Å². The van der Waals surface area contributed by atoms with Gasteiger partial charge in [0.15, 0.2) is 0 Å². The zero-order chi connectivity index (χ0) is 19.4. The summed E-state index contributed by atoms with van der Waals surface area (Å²) in [6, 6.07) is -0.777. The molecular weight excluding hydrogens is 273 g/mol. The van der Waals surface area contributed by atoms with Crippen molar-refractivity contribution in [2.24, 2.45) is 5.73 Å². The van der Waals surface area contributed by atoms with Crippen molar-refractivity contribution in [1.29, 1.82) is 0 Å². The Morgan fingerprint density at radius 3 is 2.90 bits per heavy atom. The number of amides is 1. The third-order valence-corrected chi connectivity index (χ3v) is 3.17. The molecule has 1 aromatic carbocycles. The molecule has 1 aliphatic rings. The van der Waals surface area contributed by atoms with Gasteiger partial charge in [0.25, 0.3) is 0 Å². The number of alkyl halides is 3. The van der Waals surface area contributed by atoms with Crippen molar-refractivity contribution in [1.82, 2.24) is 0 Å². The molecule has 4 nitrogen and oxygen atoms in total. The Bertz CT molecular complexity index is 693. The normalized spacial score (nSPS) is 27.6. The number of halogens is 3. The van der Waals surface area contributed by atoms with Gasteiger partial charge in [-0.05, 0) is 36.6 Å². The first-order valence-corrected chi connectivity index (χ1v) is 5.65. The predicted molar refractivity (Wildman–Crippen MR) is 64.9 cm³/mol. The van der Waals surface area contributed by atoms with Crippen LogP contribution in [0.25, 0.3) is 0 Å². The Balaban J connectivity index is 2.61. The lowest BCUT2D eigenvalue weighted by Crippen LogP contribution is -2.51. The van der Waals surface area contributed by atoms with E-state index in [1.165, 1.54) is 0 Å². The number of anilines is 1. The topological polar surface area (TPSA) is 69.4 Å². The van der Waals surface area contributed by atoms with E-state index in [9.17, 15) is 23.1 Å². The van der Waals surface area contributed by atoms with Crippen LogP contribution in [0.15, 0.2) is 18.2 Å². The van der Waals surface area contributed by atoms with E-state index < -0.39 is 49.6 Å². The molecule has 110 valence electrons. The lowest BCUT2D eigenvalue weighted by Gasteiger charge is -2.41. The summed E-state index contributed by atoms with van der Waals surface area (Å²) >= 11 is 0. The van der Waals surface area contributed by atoms with Gasteiger partial charge >= 0.3 is 6.18 Å². The van der Waals surface area contributed by atoms with Crippen LogP contribution in [0.1, 0.15) is 43.7 Å². The second-order valence-electron chi connectivity index (χ2n) is 4.41. The van der Waals surface area contributed by atoms with Gasteiger partial charge in [-0.1, -0.05) is 6.85 Å². The molecule has 1 aliphatic heterocycles. The standard InChI is InChI=1S/C13H15F3N2O2/c1-2-8-6-10(17)9-5-7(13(14,15)16)3-4-11(9)18(8)12(19)20/h3-5,8,10H,2,6,17H2,1H3,(H,19,20)/p-1/i1D3,2D2. The van der Waals surface area contributed by atoms with Gasteiger partial charge in [-0.15, -0.1) is 0 Å². The van der Waals surface area contributed by atoms with E-state index in [1.54, 1.807) is 0 Å². The molecule has 0 fully saturated rings. The number of nitrogens with zero attached hydrogens (tertiary/aromatic N) is 1. The molecule has 0 spiro atoms. The summed E-state index contributed by atoms with van der Waals surface area (Å²) < 4.78 is 76.0. The lowest BCUT2D eigenvalue weighted by atomic mass is 9.89. The fourth-order valence-corrected chi connectivity index (χ4v) is 2.24. The highest BCUT2D eigenvalue weighted by Crippen LogP contribution is 2.40. The van der Waals surface area contributed by atoms with Crippen LogP contribution in [0.5, 0.6) is 0 Å². The third kappa shape index (κ3) is 2.45. The zero-order valence-electron chi connectivity index (χ0n) is 15.1. The molecule has 0 bridgehead atoms. The Kier molecular flexibility index (Phi) is 2.29. The highest BCUT2D eigenvalue weighted by atomic mass is 19.4. The smallest absolute Gasteiger partial charge is 0.416 e. The van der Waals surface area contributed by atoms with E-state index >= 15 is 0 Å². The second kappa shape index (κ2) is 4.97. The molecule has 7 heteroatoms. The van der Waals surface area contributed by atoms with Crippen LogP contribution in [0, 0.1) is 0 Å². The van der Waals surface area contributed by atoms with Crippen molar-refractivity contribution < 1.29 is 29.9 Å². The van der Waals surface area contributed by atoms with Crippen LogP contribution in [-0.4, -0.2) is 12.1 Å². The number of hydrogen-bond donors (Lipinski definition) is 1. The Hall–Kier alpha value is -1.76. The van der Waals surface area contributed by atoms with E-state index in [4.69, 9.17) is 12.6 Å². The van der Waals surface area contributed by atoms with E-state index in [0.29, 0.717) is 17.0 Å². The number of fused-ring (bicyclic) bond motifs is 1. The largest absolute Gasteiger partial charge is 0.530 e. The number of carbonyl (C=O) groups is 1. The minimum absolute atomic E-state index is 0.170. The highest BCUT2D eigenvalue weighted by Gasteiger charge is 2.35. The van der Waals surface area contributed by atoms with Gasteiger partial charge < -0.3 is 20.5 Å². The molecule has 1 amide bonds. The van der Waals surface area contributed by atoms with Crippen LogP contribution in [0.2, 0.25) is 0 Å². The molecule has 1 aromatic rings. The number of benzene rings is 1. The maximum absolute atomic E-state index is 12.8. The molecule has 0 saturated carbocycles. The first-order valence-electron chi connectivity index (χ1n) is 8.15. The Morgan fingerprint density at radius 2 is 2.35 bits per heavy atom. The number of rotatable bonds is 1. The summed E-state index contributed by atoms with van der Waals surface area (Å²) in [7, 11) is 0. The molecule has 1 heterocycles. The first-order chi connectivity index (χ1) is 11.2. The number of carbonyl (C=O) groups excluding carboxylic acids is 1. The van der Waals surface area contributed by atoms with Gasteiger partial charge in [-0.2, -0.15) is 13.2 Å². The van der Waals surface area contributed by atoms with Crippen molar-refractivity contribution in [2.75, 3.05) is 4.90 Å². The van der Waals surface area contributed by atoms with Crippen molar-refractivity contribution in [3.63, 3.8) is 0 Å². The molecule has 0 aliphatic carbocycles. The van der Waals surface area contributed by atoms with Crippen LogP contribution >= 0.6 is 0 Å². The quantitative estimate of drug-likeness (QED) is 0.861. The average Bonchev–Trinajstić information content (AvgIpc) is 2.44. The summed E-state index contributed by atoms with van der Waals surface area (Å²) in [6.45, 7) is -3.17. The van der Waals surface area contributed by atoms with Gasteiger partial charge in [-0.25, -0.2) is 0 Å². The van der Waals surface area contributed by atoms with Gasteiger partial charge in [0.2, 0.25) is 0 Å². The monoisotopic (exact) mass is 292 g/mol. The van der Waals surface area contributed by atoms with Crippen molar-refractivity contribution in [3.05, 3.63) is 29.3 Å². The van der Waals surface area contributed by atoms with Crippen LogP contribution in [-0.2, 0) is 6.18 Å². The second-order valence-corrected chi connectivity index (χ2v) is 4.41. The van der Waals surface area contributed by atoms with Crippen molar-refractivity contribution in [3.8, 4) is 0 Å². The van der Waals surface area contributed by atoms with Crippen molar-refractivity contribution in [2.45, 2.75) is 37.9 Å². The highest BCUT2D eigenvalue weighted by molar-refractivity contribution is 5.87. The molecule has 20 heavy (non-hydrogen) atoms. The minimum atomic E-state index is -4.68. The maximum Gasteiger partial charge on any atom is 0.416 e. The van der Waals surface area contributed by atoms with E-state index in [2.05, 4.69) is 0 Å². The van der Waals surface area contributed by atoms with Crippen LogP contribution < -0.4 is 15.7 Å². The third-order valence-electron chi connectivity index (χ3n) is 3.17. The molecule has 0 radical (unpaired) electrons. The summed E-state index contributed by atoms with van der Waals surface area (Å²) in [5.41, 5.74) is 4.26. The summed E-state index contributed by atoms with van der Waals surface area (Å²) in [4.78, 5) is 11.8. The minimum Gasteiger partial charge on any atom is -0.530 e. The molecule has 2 N–H and O–H groups in total. The van der Waals surface area contributed by atoms with Gasteiger partial charge in [0.1, 0.15) is 6.09 Å². The van der Waals surface area contributed by atoms with Gasteiger partial charge in [0, 0.05) is 24.6 Å². The van der Waals surface area contributed by atoms with Crippen LogP contribution in [0.4, 0.5) is 23.7 Å². The summed E-state index contributed by atoms with van der Waals surface area (Å²) in [5.74, 6) is 0. The predicted octanol–water partition coefficient (Wildman–Crippen LogP) is 2.04. The van der Waals surface area contributed by atoms with E-state index in [0.717, 1.165) is 6.07 Å². The summed E-state index contributed by atoms with van der Waals surface area (Å²) in [5, 5.41) is 11.5. The molecule has 2 unspecified atom stereocenters. The van der Waals surface area contributed by atoms with Gasteiger partial charge in [0.05, 0.1) is 5.56 Å². The molecule has 2 atom stereocenters. The van der Waals surface area contributed by atoms with E-state index in [-0.39, 0.29) is 11.3 Å². The molecular formula is C13H14F3N2O2-. The lowest BCUT2D eigenvalue weighted by molar-refractivity contribution is -0.247. The SMILES string of the molecule is [2H]C([2H])([2H])C([2H])([2H])C1CC(N)c2cc(C(F)(F)F)ccc2N1C(=O)[O-]. The number of carboxylic acid groups (broad SMARTS) is 1. The summed E-state index contributed by atoms with van der Waals surface area (Å²) in [6.07, 6.45) is -10.1. The molecule has 0 aromatic heterocycles. The average molecular weight is 292 g/mol. The number of nitrogens with two attached hydrogens (primary N) is 1. The Morgan fingerprint density at radius 1 is 1.65 bits per heavy atom. The molecule has 0 saturated heterocycles. The number of hydrogen-bond acceptors (Lipinski definition) is 3. The Labute approximate surface area is 121 Å². The fraction of sp³-hybridized carbons (Fsp3) is 0.462. The van der Waals surface area contributed by atoms with Crippen LogP contribution in [0.3, 0.4) is 0 Å².